The normalized spacial score (nSPS) is 14.3. The molecule has 0 rings (SSSR count). The molecule has 2 atom stereocenters. The molecule has 0 aromatic heterocycles. The number of nitrogens with zero attached hydrogens (tertiary/aromatic N) is 1. The molecule has 0 aromatic carbocycles. The highest BCUT2D eigenvalue weighted by Crippen LogP contribution is 2.43. The van der Waals surface area contributed by atoms with Gasteiger partial charge in [0.05, 0.1) is 27.7 Å². The van der Waals surface area contributed by atoms with Gasteiger partial charge in [0.1, 0.15) is 19.8 Å². The van der Waals surface area contributed by atoms with Gasteiger partial charge in [-0.1, -0.05) is 120 Å². The van der Waals surface area contributed by atoms with Gasteiger partial charge >= 0.3 is 19.8 Å². The lowest BCUT2D eigenvalue weighted by atomic mass is 10.1. The molecule has 0 bridgehead atoms. The van der Waals surface area contributed by atoms with E-state index in [1.165, 1.54) is 44.9 Å². The molecule has 9 nitrogen and oxygen atoms in total. The average Bonchev–Trinajstić information content (AvgIpc) is 3.12. The van der Waals surface area contributed by atoms with E-state index in [0.29, 0.717) is 23.9 Å². The zero-order valence-corrected chi connectivity index (χ0v) is 35.8. The average molecular weight is 781 g/mol. The van der Waals surface area contributed by atoms with Crippen molar-refractivity contribution in [1.29, 1.82) is 0 Å². The molecule has 0 fully saturated rings. The Bertz CT molecular complexity index is 1110. The standard InChI is InChI=1S/C44H78NO8P/c1-6-8-10-12-14-16-18-20-22-24-26-28-30-32-34-36-43(46)50-40-42(41-52-54(48,49)51-39-38-45(3,4)5)53-44(47)37-35-33-31-29-27-25-23-21-19-17-15-13-11-9-7-2/h14-17,20-23,26,28,42H,6-13,18-19,24-25,27,29-41H2,1-5H3/p+1/b16-14-,17-15-,22-20-,23-21-,28-26-/t42-/m1/s1. The summed E-state index contributed by atoms with van der Waals surface area (Å²) >= 11 is 0. The number of likely N-dealkylation sites (N-methyl/N-ethyl adjacent to an activating group) is 1. The van der Waals surface area contributed by atoms with Gasteiger partial charge < -0.3 is 18.9 Å². The minimum absolute atomic E-state index is 0.0201. The predicted octanol–water partition coefficient (Wildman–Crippen LogP) is 11.7. The number of ether oxygens (including phenoxy) is 2. The first-order valence-corrected chi connectivity index (χ1v) is 22.5. The summed E-state index contributed by atoms with van der Waals surface area (Å²) < 4.78 is 34.2. The van der Waals surface area contributed by atoms with Gasteiger partial charge in [-0.3, -0.25) is 18.6 Å². The van der Waals surface area contributed by atoms with Crippen molar-refractivity contribution < 1.29 is 42.1 Å². The minimum Gasteiger partial charge on any atom is -0.462 e. The molecule has 0 heterocycles. The van der Waals surface area contributed by atoms with Crippen LogP contribution in [-0.2, 0) is 32.7 Å². The number of rotatable bonds is 37. The molecule has 0 aliphatic heterocycles. The number of phosphoric acid groups is 1. The molecule has 0 radical (unpaired) electrons. The van der Waals surface area contributed by atoms with Crippen LogP contribution in [0.1, 0.15) is 155 Å². The van der Waals surface area contributed by atoms with Gasteiger partial charge in [-0.25, -0.2) is 4.57 Å². The number of hydrogen-bond donors (Lipinski definition) is 1. The van der Waals surface area contributed by atoms with Crippen molar-refractivity contribution in [3.8, 4) is 0 Å². The Morgan fingerprint density at radius 1 is 0.574 bits per heavy atom. The van der Waals surface area contributed by atoms with Crippen LogP contribution >= 0.6 is 7.82 Å². The summed E-state index contributed by atoms with van der Waals surface area (Å²) in [6.07, 6.45) is 42.7. The molecule has 0 spiro atoms. The predicted molar refractivity (Wildman–Crippen MR) is 224 cm³/mol. The van der Waals surface area contributed by atoms with Gasteiger partial charge in [-0.15, -0.1) is 0 Å². The summed E-state index contributed by atoms with van der Waals surface area (Å²) in [5, 5.41) is 0. The second kappa shape index (κ2) is 36.4. The Hall–Kier alpha value is -2.29. The number of hydrogen-bond acceptors (Lipinski definition) is 7. The second-order valence-corrected chi connectivity index (χ2v) is 16.5. The third-order valence-electron chi connectivity index (χ3n) is 8.52. The fourth-order valence-electron chi connectivity index (χ4n) is 5.17. The van der Waals surface area contributed by atoms with E-state index < -0.39 is 32.5 Å². The molecule has 0 amide bonds. The van der Waals surface area contributed by atoms with Crippen LogP contribution in [0.2, 0.25) is 0 Å². The Kier molecular flexibility index (Phi) is 34.8. The molecule has 1 unspecified atom stereocenters. The van der Waals surface area contributed by atoms with E-state index in [1.807, 2.05) is 21.1 Å². The van der Waals surface area contributed by atoms with Crippen molar-refractivity contribution in [1.82, 2.24) is 0 Å². The lowest BCUT2D eigenvalue weighted by molar-refractivity contribution is -0.870. The smallest absolute Gasteiger partial charge is 0.462 e. The number of allylic oxidation sites excluding steroid dienone is 10. The maximum absolute atomic E-state index is 12.7. The summed E-state index contributed by atoms with van der Waals surface area (Å²) in [4.78, 5) is 35.3. The fourth-order valence-corrected chi connectivity index (χ4v) is 5.91. The Balaban J connectivity index is 4.50. The van der Waals surface area contributed by atoms with E-state index in [-0.39, 0.29) is 26.1 Å². The molecule has 0 aliphatic carbocycles. The van der Waals surface area contributed by atoms with Crippen LogP contribution in [0.25, 0.3) is 0 Å². The Morgan fingerprint density at radius 2 is 1.00 bits per heavy atom. The highest BCUT2D eigenvalue weighted by molar-refractivity contribution is 7.47. The van der Waals surface area contributed by atoms with E-state index in [1.54, 1.807) is 0 Å². The lowest BCUT2D eigenvalue weighted by Crippen LogP contribution is -2.37. The third kappa shape index (κ3) is 39.4. The first-order valence-electron chi connectivity index (χ1n) is 21.0. The van der Waals surface area contributed by atoms with Crippen LogP contribution in [0.5, 0.6) is 0 Å². The molecule has 0 aromatic rings. The van der Waals surface area contributed by atoms with Crippen molar-refractivity contribution in [2.24, 2.45) is 0 Å². The third-order valence-corrected chi connectivity index (χ3v) is 9.50. The fraction of sp³-hybridized carbons (Fsp3) is 0.727. The Morgan fingerprint density at radius 3 is 1.52 bits per heavy atom. The van der Waals surface area contributed by atoms with Crippen LogP contribution in [0, 0.1) is 0 Å². The number of carbonyl (C=O) groups is 2. The maximum Gasteiger partial charge on any atom is 0.472 e. The zero-order valence-electron chi connectivity index (χ0n) is 34.9. The number of carbonyl (C=O) groups excluding carboxylic acids is 2. The maximum atomic E-state index is 12.7. The van der Waals surface area contributed by atoms with Crippen molar-refractivity contribution in [3.63, 3.8) is 0 Å². The first kappa shape index (κ1) is 51.7. The molecular formula is C44H79NO8P+. The number of quaternary nitrogens is 1. The van der Waals surface area contributed by atoms with Crippen molar-refractivity contribution in [2.45, 2.75) is 161 Å². The van der Waals surface area contributed by atoms with Crippen LogP contribution in [0.3, 0.4) is 0 Å². The van der Waals surface area contributed by atoms with Gasteiger partial charge in [0.25, 0.3) is 0 Å². The number of unbranched alkanes of at least 4 members (excludes halogenated alkanes) is 13. The van der Waals surface area contributed by atoms with E-state index in [0.717, 1.165) is 70.6 Å². The summed E-state index contributed by atoms with van der Waals surface area (Å²) in [6, 6.07) is 0. The lowest BCUT2D eigenvalue weighted by Gasteiger charge is -2.24. The van der Waals surface area contributed by atoms with Crippen molar-refractivity contribution in [2.75, 3.05) is 47.5 Å². The molecule has 0 saturated carbocycles. The van der Waals surface area contributed by atoms with Gasteiger partial charge in [-0.2, -0.15) is 0 Å². The minimum atomic E-state index is -4.39. The van der Waals surface area contributed by atoms with E-state index >= 15 is 0 Å². The summed E-state index contributed by atoms with van der Waals surface area (Å²) in [5.74, 6) is -0.865. The van der Waals surface area contributed by atoms with E-state index in [2.05, 4.69) is 74.6 Å². The number of esters is 2. The second-order valence-electron chi connectivity index (χ2n) is 15.0. The van der Waals surface area contributed by atoms with Crippen LogP contribution in [-0.4, -0.2) is 74.9 Å². The largest absolute Gasteiger partial charge is 0.472 e. The van der Waals surface area contributed by atoms with Gasteiger partial charge in [0, 0.05) is 12.8 Å². The molecule has 54 heavy (non-hydrogen) atoms. The summed E-state index contributed by atoms with van der Waals surface area (Å²) in [7, 11) is 1.44. The quantitative estimate of drug-likeness (QED) is 0.0218. The molecule has 312 valence electrons. The highest BCUT2D eigenvalue weighted by atomic mass is 31.2. The first-order chi connectivity index (χ1) is 26.0. The van der Waals surface area contributed by atoms with E-state index in [9.17, 15) is 19.0 Å². The monoisotopic (exact) mass is 781 g/mol. The van der Waals surface area contributed by atoms with Gasteiger partial charge in [0.2, 0.25) is 0 Å². The molecule has 10 heteroatoms. The Labute approximate surface area is 330 Å². The van der Waals surface area contributed by atoms with Crippen LogP contribution in [0.4, 0.5) is 0 Å². The van der Waals surface area contributed by atoms with Gasteiger partial charge in [0.15, 0.2) is 6.10 Å². The topological polar surface area (TPSA) is 108 Å². The highest BCUT2D eigenvalue weighted by Gasteiger charge is 2.27. The van der Waals surface area contributed by atoms with Crippen molar-refractivity contribution >= 4 is 19.8 Å². The molecular weight excluding hydrogens is 701 g/mol. The van der Waals surface area contributed by atoms with Crippen LogP contribution < -0.4 is 0 Å². The SMILES string of the molecule is CCCCC/C=C\C/C=C\C/C=C\CCCCC(=O)OC[C@H](COP(=O)(O)OCC[N+](C)(C)C)OC(=O)CCCCCCC/C=C\C/C=C\CCCCC. The molecule has 0 aliphatic rings. The summed E-state index contributed by atoms with van der Waals surface area (Å²) in [5.41, 5.74) is 0. The van der Waals surface area contributed by atoms with E-state index in [4.69, 9.17) is 18.5 Å². The zero-order chi connectivity index (χ0) is 40.0. The number of phosphoric ester groups is 1. The summed E-state index contributed by atoms with van der Waals surface area (Å²) in [6.45, 7) is 4.28. The van der Waals surface area contributed by atoms with Crippen LogP contribution in [0.15, 0.2) is 60.8 Å². The molecule has 1 N–H and O–H groups in total. The van der Waals surface area contributed by atoms with Crippen molar-refractivity contribution in [3.05, 3.63) is 60.8 Å². The molecule has 0 saturated heterocycles. The van der Waals surface area contributed by atoms with Gasteiger partial charge in [-0.05, 0) is 83.5 Å².